The van der Waals surface area contributed by atoms with Gasteiger partial charge in [0.2, 0.25) is 0 Å². The largest absolute Gasteiger partial charge is 0.523 e. The van der Waals surface area contributed by atoms with Crippen molar-refractivity contribution in [3.8, 4) is 0 Å². The third-order valence-corrected chi connectivity index (χ3v) is 6.25. The van der Waals surface area contributed by atoms with Crippen molar-refractivity contribution in [1.29, 1.82) is 0 Å². The lowest BCUT2D eigenvalue weighted by atomic mass is 9.74. The van der Waals surface area contributed by atoms with Crippen LogP contribution in [-0.4, -0.2) is 61.9 Å². The number of ether oxygens (including phenoxy) is 1. The number of piperidine rings is 1. The smallest absolute Gasteiger partial charge is 0.465 e. The third-order valence-electron chi connectivity index (χ3n) is 5.16. The van der Waals surface area contributed by atoms with Crippen molar-refractivity contribution >= 4 is 16.2 Å². The van der Waals surface area contributed by atoms with Crippen LogP contribution < -0.4 is 0 Å². The fourth-order valence-corrected chi connectivity index (χ4v) is 3.89. The van der Waals surface area contributed by atoms with Gasteiger partial charge in [0.25, 0.3) is 0 Å². The average Bonchev–Trinajstić information content (AvgIpc) is 2.48. The molecule has 0 aromatic heterocycles. The Labute approximate surface area is 150 Å². The fraction of sp³-hybridized carbons (Fsp3) is 0.933. The summed E-state index contributed by atoms with van der Waals surface area (Å²) in [5.74, 6) is 0.274. The van der Waals surface area contributed by atoms with Crippen LogP contribution in [0.1, 0.15) is 39.5 Å². The second kappa shape index (κ2) is 7.51. The van der Waals surface area contributed by atoms with Crippen molar-refractivity contribution in [2.75, 3.05) is 19.7 Å². The zero-order valence-corrected chi connectivity index (χ0v) is 15.5. The van der Waals surface area contributed by atoms with Crippen molar-refractivity contribution in [2.24, 2.45) is 11.3 Å². The molecule has 0 atom stereocenters. The summed E-state index contributed by atoms with van der Waals surface area (Å²) >= 11 is 0. The van der Waals surface area contributed by atoms with E-state index in [4.69, 9.17) is 9.84 Å². The molecule has 0 bridgehead atoms. The number of carboxylic acid groups (broad SMARTS) is 1. The molecule has 2 fully saturated rings. The number of amides is 1. The van der Waals surface area contributed by atoms with Gasteiger partial charge in [0, 0.05) is 25.9 Å². The van der Waals surface area contributed by atoms with E-state index in [9.17, 15) is 26.4 Å². The Hall–Kier alpha value is -1.07. The summed E-state index contributed by atoms with van der Waals surface area (Å²) in [6, 6.07) is 0. The molecule has 1 saturated carbocycles. The van der Waals surface area contributed by atoms with E-state index in [0.717, 1.165) is 12.8 Å². The van der Waals surface area contributed by atoms with Crippen LogP contribution in [-0.2, 0) is 19.0 Å². The second-order valence-electron chi connectivity index (χ2n) is 7.55. The van der Waals surface area contributed by atoms with E-state index in [1.54, 1.807) is 0 Å². The van der Waals surface area contributed by atoms with E-state index in [1.807, 2.05) is 13.8 Å². The molecule has 7 nitrogen and oxygen atoms in total. The average molecular weight is 403 g/mol. The maximum Gasteiger partial charge on any atom is 0.523 e. The highest BCUT2D eigenvalue weighted by Gasteiger charge is 2.50. The van der Waals surface area contributed by atoms with E-state index in [-0.39, 0.29) is 30.3 Å². The minimum absolute atomic E-state index is 0.100. The number of rotatable bonds is 6. The first kappa shape index (κ1) is 21.2. The van der Waals surface area contributed by atoms with Gasteiger partial charge in [0.05, 0.1) is 18.8 Å². The molecule has 1 N–H and O–H groups in total. The van der Waals surface area contributed by atoms with E-state index in [0.29, 0.717) is 19.7 Å². The van der Waals surface area contributed by atoms with Crippen molar-refractivity contribution in [2.45, 2.75) is 57.2 Å². The SMILES string of the molecule is CC(C)(COC1CC(OS(=O)(=O)C(F)(F)F)C1)C1CCN(C(=O)O)CC1. The van der Waals surface area contributed by atoms with Crippen molar-refractivity contribution < 1.29 is 40.4 Å². The molecule has 0 unspecified atom stereocenters. The first-order valence-corrected chi connectivity index (χ1v) is 9.81. The van der Waals surface area contributed by atoms with Crippen LogP contribution in [0.5, 0.6) is 0 Å². The van der Waals surface area contributed by atoms with Crippen LogP contribution in [0.3, 0.4) is 0 Å². The van der Waals surface area contributed by atoms with Crippen molar-refractivity contribution in [3.05, 3.63) is 0 Å². The minimum Gasteiger partial charge on any atom is -0.465 e. The molecule has 2 aliphatic rings. The van der Waals surface area contributed by atoms with Gasteiger partial charge in [0.15, 0.2) is 0 Å². The van der Waals surface area contributed by atoms with Gasteiger partial charge in [-0.15, -0.1) is 0 Å². The number of halogens is 3. The summed E-state index contributed by atoms with van der Waals surface area (Å²) in [6.07, 6.45) is -0.612. The first-order chi connectivity index (χ1) is 11.8. The van der Waals surface area contributed by atoms with Crippen LogP contribution in [0, 0.1) is 11.3 Å². The van der Waals surface area contributed by atoms with E-state index in [1.165, 1.54) is 4.90 Å². The summed E-state index contributed by atoms with van der Waals surface area (Å²) < 4.78 is 68.5. The van der Waals surface area contributed by atoms with E-state index >= 15 is 0 Å². The highest BCUT2D eigenvalue weighted by atomic mass is 32.2. The number of alkyl halides is 3. The topological polar surface area (TPSA) is 93.1 Å². The summed E-state index contributed by atoms with van der Waals surface area (Å²) in [5.41, 5.74) is -5.62. The Balaban J connectivity index is 1.73. The Morgan fingerprint density at radius 3 is 2.15 bits per heavy atom. The predicted octanol–water partition coefficient (Wildman–Crippen LogP) is 2.82. The van der Waals surface area contributed by atoms with E-state index in [2.05, 4.69) is 4.18 Å². The van der Waals surface area contributed by atoms with Gasteiger partial charge in [0.1, 0.15) is 0 Å². The van der Waals surface area contributed by atoms with Gasteiger partial charge in [-0.25, -0.2) is 4.79 Å². The second-order valence-corrected chi connectivity index (χ2v) is 9.12. The maximum atomic E-state index is 12.3. The van der Waals surface area contributed by atoms with Gasteiger partial charge in [-0.2, -0.15) is 21.6 Å². The molecule has 152 valence electrons. The quantitative estimate of drug-likeness (QED) is 0.542. The highest BCUT2D eigenvalue weighted by molar-refractivity contribution is 7.87. The molecule has 1 saturated heterocycles. The Morgan fingerprint density at radius 2 is 1.69 bits per heavy atom. The number of likely N-dealkylation sites (tertiary alicyclic amines) is 1. The van der Waals surface area contributed by atoms with Gasteiger partial charge in [-0.3, -0.25) is 4.18 Å². The summed E-state index contributed by atoms with van der Waals surface area (Å²) in [4.78, 5) is 12.3. The Bertz CT molecular complexity index is 607. The molecule has 1 heterocycles. The van der Waals surface area contributed by atoms with E-state index < -0.39 is 27.8 Å². The van der Waals surface area contributed by atoms with Crippen LogP contribution in [0.4, 0.5) is 18.0 Å². The summed E-state index contributed by atoms with van der Waals surface area (Å²) in [6.45, 7) is 5.33. The van der Waals surface area contributed by atoms with Crippen LogP contribution in [0.15, 0.2) is 0 Å². The molecule has 0 aromatic carbocycles. The molecular weight excluding hydrogens is 379 g/mol. The lowest BCUT2D eigenvalue weighted by Gasteiger charge is -2.42. The molecule has 1 aliphatic carbocycles. The molecule has 26 heavy (non-hydrogen) atoms. The molecule has 2 rings (SSSR count). The number of carbonyl (C=O) groups is 1. The van der Waals surface area contributed by atoms with Gasteiger partial charge in [-0.05, 0) is 24.2 Å². The normalized spacial score (nSPS) is 25.8. The van der Waals surface area contributed by atoms with Crippen LogP contribution >= 0.6 is 0 Å². The molecule has 1 amide bonds. The monoisotopic (exact) mass is 403 g/mol. The minimum atomic E-state index is -5.56. The molecule has 0 spiro atoms. The zero-order chi connectivity index (χ0) is 19.8. The van der Waals surface area contributed by atoms with Gasteiger partial charge in [-0.1, -0.05) is 13.8 Å². The summed E-state index contributed by atoms with van der Waals surface area (Å²) in [5, 5.41) is 8.97. The number of nitrogens with zero attached hydrogens (tertiary/aromatic N) is 1. The van der Waals surface area contributed by atoms with Crippen LogP contribution in [0.25, 0.3) is 0 Å². The first-order valence-electron chi connectivity index (χ1n) is 8.41. The molecule has 11 heteroatoms. The Morgan fingerprint density at radius 1 is 1.15 bits per heavy atom. The summed E-state index contributed by atoms with van der Waals surface area (Å²) in [7, 11) is -5.56. The van der Waals surface area contributed by atoms with Crippen molar-refractivity contribution in [1.82, 2.24) is 4.90 Å². The molecule has 1 aliphatic heterocycles. The standard InChI is InChI=1S/C15H24F3NO6S/c1-14(2,10-3-5-19(6-4-10)13(20)21)9-24-11-7-12(8-11)25-26(22,23)15(16,17)18/h10-12H,3-9H2,1-2H3,(H,20,21). The molecule has 0 radical (unpaired) electrons. The number of hydrogen-bond acceptors (Lipinski definition) is 5. The van der Waals surface area contributed by atoms with Gasteiger partial charge < -0.3 is 14.7 Å². The molecule has 0 aromatic rings. The number of hydrogen-bond donors (Lipinski definition) is 1. The fourth-order valence-electron chi connectivity index (χ4n) is 3.27. The maximum absolute atomic E-state index is 12.3. The highest BCUT2D eigenvalue weighted by Crippen LogP contribution is 2.38. The zero-order valence-electron chi connectivity index (χ0n) is 14.7. The van der Waals surface area contributed by atoms with Crippen LogP contribution in [0.2, 0.25) is 0 Å². The van der Waals surface area contributed by atoms with Crippen molar-refractivity contribution in [3.63, 3.8) is 0 Å². The predicted molar refractivity (Wildman–Crippen MR) is 84.9 cm³/mol. The molecular formula is C15H24F3NO6S. The lowest BCUT2D eigenvalue weighted by molar-refractivity contribution is -0.105. The lowest BCUT2D eigenvalue weighted by Crippen LogP contribution is -2.45. The van der Waals surface area contributed by atoms with Gasteiger partial charge >= 0.3 is 21.7 Å². The third kappa shape index (κ3) is 5.01. The Kier molecular flexibility index (Phi) is 6.13.